The number of rotatable bonds is 7. The minimum Gasteiger partial charge on any atom is -0.395 e. The maximum Gasteiger partial charge on any atom is 0.279 e. The van der Waals surface area contributed by atoms with Gasteiger partial charge in [-0.2, -0.15) is 17.4 Å². The first kappa shape index (κ1) is 14.8. The highest BCUT2D eigenvalue weighted by Gasteiger charge is 2.24. The van der Waals surface area contributed by atoms with E-state index in [0.717, 1.165) is 0 Å². The van der Waals surface area contributed by atoms with Gasteiger partial charge < -0.3 is 5.11 Å². The average Bonchev–Trinajstić information content (AvgIpc) is 2.15. The van der Waals surface area contributed by atoms with E-state index in [1.54, 1.807) is 13.8 Å². The van der Waals surface area contributed by atoms with Gasteiger partial charge in [-0.1, -0.05) is 27.7 Å². The highest BCUT2D eigenvalue weighted by molar-refractivity contribution is 7.87. The second kappa shape index (κ2) is 6.42. The van der Waals surface area contributed by atoms with Gasteiger partial charge in [-0.15, -0.1) is 0 Å². The molecule has 0 aromatic carbocycles. The van der Waals surface area contributed by atoms with Gasteiger partial charge >= 0.3 is 0 Å². The van der Waals surface area contributed by atoms with E-state index in [9.17, 15) is 8.42 Å². The first-order chi connectivity index (χ1) is 6.88. The molecule has 1 atom stereocenters. The van der Waals surface area contributed by atoms with E-state index in [1.165, 1.54) is 4.31 Å². The summed E-state index contributed by atoms with van der Waals surface area (Å²) >= 11 is 0. The zero-order valence-electron chi connectivity index (χ0n) is 9.90. The van der Waals surface area contributed by atoms with Crippen molar-refractivity contribution >= 4 is 10.2 Å². The summed E-state index contributed by atoms with van der Waals surface area (Å²) in [5.41, 5.74) is 0. The summed E-state index contributed by atoms with van der Waals surface area (Å²) in [6.07, 6.45) is 0. The molecular formula is C9H22N2O3S. The van der Waals surface area contributed by atoms with Crippen LogP contribution in [0.3, 0.4) is 0 Å². The Morgan fingerprint density at radius 1 is 1.27 bits per heavy atom. The predicted octanol–water partition coefficient (Wildman–Crippen LogP) is 0.179. The molecule has 0 bridgehead atoms. The molecule has 5 nitrogen and oxygen atoms in total. The fraction of sp³-hybridized carbons (Fsp3) is 1.00. The Morgan fingerprint density at radius 3 is 2.00 bits per heavy atom. The molecule has 0 amide bonds. The van der Waals surface area contributed by atoms with Crippen molar-refractivity contribution in [1.82, 2.24) is 9.03 Å². The summed E-state index contributed by atoms with van der Waals surface area (Å²) < 4.78 is 27.4. The summed E-state index contributed by atoms with van der Waals surface area (Å²) in [7, 11) is -3.46. The minimum atomic E-state index is -3.46. The van der Waals surface area contributed by atoms with E-state index in [2.05, 4.69) is 4.72 Å². The molecule has 0 aromatic rings. The molecule has 0 fully saturated rings. The summed E-state index contributed by atoms with van der Waals surface area (Å²) in [5, 5.41) is 9.04. The normalized spacial score (nSPS) is 14.9. The van der Waals surface area contributed by atoms with Crippen molar-refractivity contribution in [2.75, 3.05) is 19.7 Å². The van der Waals surface area contributed by atoms with Crippen LogP contribution in [0.15, 0.2) is 0 Å². The van der Waals surface area contributed by atoms with E-state index in [4.69, 9.17) is 5.11 Å². The van der Waals surface area contributed by atoms with Crippen molar-refractivity contribution in [3.8, 4) is 0 Å². The third-order valence-electron chi connectivity index (χ3n) is 2.35. The van der Waals surface area contributed by atoms with E-state index in [1.807, 2.05) is 13.8 Å². The van der Waals surface area contributed by atoms with Crippen LogP contribution >= 0.6 is 0 Å². The Morgan fingerprint density at radius 2 is 1.73 bits per heavy atom. The van der Waals surface area contributed by atoms with Gasteiger partial charge in [0.2, 0.25) is 0 Å². The van der Waals surface area contributed by atoms with E-state index >= 15 is 0 Å². The highest BCUT2D eigenvalue weighted by atomic mass is 32.2. The van der Waals surface area contributed by atoms with Crippen molar-refractivity contribution in [1.29, 1.82) is 0 Å². The fourth-order valence-electron chi connectivity index (χ4n) is 1.21. The molecule has 15 heavy (non-hydrogen) atoms. The van der Waals surface area contributed by atoms with Crippen molar-refractivity contribution in [3.63, 3.8) is 0 Å². The van der Waals surface area contributed by atoms with Gasteiger partial charge in [-0.3, -0.25) is 0 Å². The number of aliphatic hydroxyl groups excluding tert-OH is 1. The maximum atomic E-state index is 11.8. The second-order valence-corrected chi connectivity index (χ2v) is 5.44. The number of hydrogen-bond acceptors (Lipinski definition) is 3. The van der Waals surface area contributed by atoms with Crippen LogP contribution in [-0.4, -0.2) is 43.6 Å². The lowest BCUT2D eigenvalue weighted by atomic mass is 10.1. The molecule has 1 unspecified atom stereocenters. The molecule has 0 saturated heterocycles. The Kier molecular flexibility index (Phi) is 6.35. The number of nitrogens with one attached hydrogen (secondary N) is 1. The lowest BCUT2D eigenvalue weighted by Gasteiger charge is -2.25. The summed E-state index contributed by atoms with van der Waals surface area (Å²) in [6.45, 7) is 7.98. The van der Waals surface area contributed by atoms with Gasteiger partial charge in [-0.05, 0) is 5.92 Å². The number of aliphatic hydroxyl groups is 1. The Hall–Kier alpha value is -0.170. The SMILES string of the molecule is CCN(CC)S(=O)(=O)NC(CO)C(C)C. The van der Waals surface area contributed by atoms with Crippen LogP contribution < -0.4 is 4.72 Å². The Bertz CT molecular complexity index is 261. The smallest absolute Gasteiger partial charge is 0.279 e. The number of hydrogen-bond donors (Lipinski definition) is 2. The quantitative estimate of drug-likeness (QED) is 0.665. The van der Waals surface area contributed by atoms with Crippen LogP contribution in [0.5, 0.6) is 0 Å². The first-order valence-electron chi connectivity index (χ1n) is 5.27. The molecule has 2 N–H and O–H groups in total. The van der Waals surface area contributed by atoms with Gasteiger partial charge in [0, 0.05) is 19.1 Å². The van der Waals surface area contributed by atoms with E-state index < -0.39 is 16.3 Å². The standard InChI is InChI=1S/C9H22N2O3S/c1-5-11(6-2)15(13,14)10-9(7-12)8(3)4/h8-10,12H,5-7H2,1-4H3. The maximum absolute atomic E-state index is 11.8. The highest BCUT2D eigenvalue weighted by Crippen LogP contribution is 2.05. The zero-order valence-corrected chi connectivity index (χ0v) is 10.7. The Labute approximate surface area is 92.7 Å². The van der Waals surface area contributed by atoms with Crippen molar-refractivity contribution < 1.29 is 13.5 Å². The monoisotopic (exact) mass is 238 g/mol. The third kappa shape index (κ3) is 4.46. The first-order valence-corrected chi connectivity index (χ1v) is 6.71. The molecule has 92 valence electrons. The lowest BCUT2D eigenvalue weighted by molar-refractivity contribution is 0.225. The molecule has 0 saturated carbocycles. The predicted molar refractivity (Wildman–Crippen MR) is 60.7 cm³/mol. The van der Waals surface area contributed by atoms with Crippen molar-refractivity contribution in [3.05, 3.63) is 0 Å². The van der Waals surface area contributed by atoms with Crippen molar-refractivity contribution in [2.45, 2.75) is 33.7 Å². The molecule has 0 rings (SSSR count). The van der Waals surface area contributed by atoms with Crippen LogP contribution in [-0.2, 0) is 10.2 Å². The molecule has 0 spiro atoms. The topological polar surface area (TPSA) is 69.6 Å². The molecular weight excluding hydrogens is 216 g/mol. The van der Waals surface area contributed by atoms with E-state index in [0.29, 0.717) is 13.1 Å². The summed E-state index contributed by atoms with van der Waals surface area (Å²) in [5.74, 6) is 0.0698. The molecule has 6 heteroatoms. The fourth-order valence-corrected chi connectivity index (χ4v) is 2.77. The average molecular weight is 238 g/mol. The van der Waals surface area contributed by atoms with Crippen LogP contribution in [0.2, 0.25) is 0 Å². The van der Waals surface area contributed by atoms with Crippen molar-refractivity contribution in [2.24, 2.45) is 5.92 Å². The molecule has 0 radical (unpaired) electrons. The third-order valence-corrected chi connectivity index (χ3v) is 4.14. The van der Waals surface area contributed by atoms with Gasteiger partial charge in [0.05, 0.1) is 6.61 Å². The second-order valence-electron chi connectivity index (χ2n) is 3.74. The van der Waals surface area contributed by atoms with Gasteiger partial charge in [0.1, 0.15) is 0 Å². The summed E-state index contributed by atoms with van der Waals surface area (Å²) in [6, 6.07) is -0.421. The minimum absolute atomic E-state index is 0.0698. The number of nitrogens with zero attached hydrogens (tertiary/aromatic N) is 1. The molecule has 0 aromatic heterocycles. The van der Waals surface area contributed by atoms with Gasteiger partial charge in [0.25, 0.3) is 10.2 Å². The zero-order chi connectivity index (χ0) is 12.1. The van der Waals surface area contributed by atoms with Gasteiger partial charge in [0.15, 0.2) is 0 Å². The van der Waals surface area contributed by atoms with Crippen LogP contribution in [0.4, 0.5) is 0 Å². The molecule has 0 aliphatic carbocycles. The largest absolute Gasteiger partial charge is 0.395 e. The van der Waals surface area contributed by atoms with Crippen LogP contribution in [0, 0.1) is 5.92 Å². The van der Waals surface area contributed by atoms with Crippen LogP contribution in [0.1, 0.15) is 27.7 Å². The van der Waals surface area contributed by atoms with Crippen LogP contribution in [0.25, 0.3) is 0 Å². The lowest BCUT2D eigenvalue weighted by Crippen LogP contribution is -2.48. The Balaban J connectivity index is 4.61. The molecule has 0 aliphatic heterocycles. The summed E-state index contributed by atoms with van der Waals surface area (Å²) in [4.78, 5) is 0. The van der Waals surface area contributed by atoms with Gasteiger partial charge in [-0.25, -0.2) is 0 Å². The molecule has 0 heterocycles. The van der Waals surface area contributed by atoms with E-state index in [-0.39, 0.29) is 12.5 Å². The molecule has 0 aliphatic rings.